The van der Waals surface area contributed by atoms with E-state index in [-0.39, 0.29) is 13.4 Å². The van der Waals surface area contributed by atoms with E-state index in [1.54, 1.807) is 12.2 Å². The van der Waals surface area contributed by atoms with Gasteiger partial charge in [-0.1, -0.05) is 169 Å². The third kappa shape index (κ3) is 6.01. The number of hydrogen-bond donors (Lipinski definition) is 0. The molecule has 0 bridgehead atoms. The zero-order valence-electron chi connectivity index (χ0n) is 34.6. The summed E-state index contributed by atoms with van der Waals surface area (Å²) in [4.78, 5) is 4.63. The Morgan fingerprint density at radius 3 is 1.06 bits per heavy atom. The maximum Gasteiger partial charge on any atom is 0.246 e. The van der Waals surface area contributed by atoms with Gasteiger partial charge in [0.05, 0.1) is 22.3 Å². The number of rotatable bonds is 6. The van der Waals surface area contributed by atoms with E-state index in [1.807, 2.05) is 0 Å². The SMILES string of the molecule is N#CC1=CC(C#N)=P(c2ccc(N3c4ccccc4B(c4ccccc4)c4ccccc43)cc2)(c2ccc(N3c4ccccc4B(c4ccccc4)c4ccccc43)cc2)C(C#N)=C1. The number of anilines is 6. The fourth-order valence-electron chi connectivity index (χ4n) is 10.2. The Balaban J connectivity index is 1.05. The van der Waals surface area contributed by atoms with Crippen LogP contribution in [-0.4, -0.2) is 18.7 Å². The van der Waals surface area contributed by atoms with Crippen LogP contribution < -0.4 is 53.2 Å². The molecule has 3 aliphatic rings. The van der Waals surface area contributed by atoms with Gasteiger partial charge in [-0.3, -0.25) is 0 Å². The van der Waals surface area contributed by atoms with Gasteiger partial charge >= 0.3 is 0 Å². The Hall–Kier alpha value is -8.26. The molecule has 5 nitrogen and oxygen atoms in total. The van der Waals surface area contributed by atoms with Crippen molar-refractivity contribution in [2.75, 3.05) is 9.80 Å². The van der Waals surface area contributed by atoms with Crippen LogP contribution in [0, 0.1) is 34.0 Å². The van der Waals surface area contributed by atoms with Gasteiger partial charge in [0.15, 0.2) is 0 Å². The molecule has 0 atom stereocenters. The average molecular weight is 832 g/mol. The summed E-state index contributed by atoms with van der Waals surface area (Å²) in [5.74, 6) is 0. The first-order valence-electron chi connectivity index (χ1n) is 21.3. The average Bonchev–Trinajstić information content (AvgIpc) is 3.37. The first-order chi connectivity index (χ1) is 31.6. The number of benzene rings is 8. The lowest BCUT2D eigenvalue weighted by atomic mass is 9.35. The molecule has 296 valence electrons. The van der Waals surface area contributed by atoms with E-state index >= 15 is 0 Å². The normalized spacial score (nSPS) is 14.4. The van der Waals surface area contributed by atoms with Crippen molar-refractivity contribution in [3.63, 3.8) is 0 Å². The van der Waals surface area contributed by atoms with Gasteiger partial charge in [0.1, 0.15) is 12.1 Å². The quantitative estimate of drug-likeness (QED) is 0.126. The molecule has 0 amide bonds. The highest BCUT2D eigenvalue weighted by atomic mass is 31.2. The van der Waals surface area contributed by atoms with Crippen molar-refractivity contribution in [3.05, 3.63) is 229 Å². The molecule has 0 saturated carbocycles. The minimum atomic E-state index is -3.06. The molecule has 0 saturated heterocycles. The molecule has 0 aliphatic carbocycles. The molecule has 0 unspecified atom stereocenters. The minimum absolute atomic E-state index is 0.0675. The summed E-state index contributed by atoms with van der Waals surface area (Å²) in [6, 6.07) is 79.6. The molecule has 64 heavy (non-hydrogen) atoms. The molecule has 0 N–H and O–H groups in total. The van der Waals surface area contributed by atoms with E-state index in [1.165, 1.54) is 32.8 Å². The molecule has 0 aromatic heterocycles. The molecule has 0 radical (unpaired) electrons. The van der Waals surface area contributed by atoms with Gasteiger partial charge in [0, 0.05) is 41.0 Å². The number of allylic oxidation sites excluding steroid dienone is 4. The molecule has 8 aromatic rings. The summed E-state index contributed by atoms with van der Waals surface area (Å²) in [7, 11) is 0. The monoisotopic (exact) mass is 831 g/mol. The van der Waals surface area contributed by atoms with Crippen molar-refractivity contribution in [1.82, 2.24) is 0 Å². The number of hydrogen-bond acceptors (Lipinski definition) is 5. The highest BCUT2D eigenvalue weighted by Gasteiger charge is 2.38. The third-order valence-corrected chi connectivity index (χ3v) is 16.9. The number of para-hydroxylation sites is 4. The fourth-order valence-corrected chi connectivity index (χ4v) is 14.0. The summed E-state index contributed by atoms with van der Waals surface area (Å²) >= 11 is 0. The van der Waals surface area contributed by atoms with E-state index in [0.29, 0.717) is 16.2 Å². The second kappa shape index (κ2) is 15.9. The molecule has 8 heteroatoms. The van der Waals surface area contributed by atoms with Crippen molar-refractivity contribution in [3.8, 4) is 18.2 Å². The molecule has 0 spiro atoms. The standard InChI is InChI=1S/C56H36B2N5P/c59-37-40-35-47(38-60)64(48(36-40)39-61,45-31-27-43(28-32-45)62-53-23-11-7-19-49(53)57(41-15-3-1-4-16-41)50-20-8-12-24-54(50)62)46-33-29-44(30-34-46)63-55-25-13-9-21-51(55)58(42-17-5-2-6-18-42)52-22-10-14-26-56(52)63/h1-36H. The molecule has 0 fully saturated rings. The number of fused-ring (bicyclic) bond motifs is 4. The molecule has 11 rings (SSSR count). The van der Waals surface area contributed by atoms with E-state index in [0.717, 1.165) is 44.7 Å². The highest BCUT2D eigenvalue weighted by Crippen LogP contribution is 2.57. The summed E-state index contributed by atoms with van der Waals surface area (Å²) in [5.41, 5.74) is 13.9. The first-order valence-corrected chi connectivity index (χ1v) is 23.1. The predicted octanol–water partition coefficient (Wildman–Crippen LogP) is 7.82. The zero-order valence-corrected chi connectivity index (χ0v) is 35.5. The van der Waals surface area contributed by atoms with Gasteiger partial charge in [-0.25, -0.2) is 0 Å². The lowest BCUT2D eigenvalue weighted by Crippen LogP contribution is -2.57. The second-order valence-electron chi connectivity index (χ2n) is 16.1. The van der Waals surface area contributed by atoms with Crippen molar-refractivity contribution < 1.29 is 0 Å². The lowest BCUT2D eigenvalue weighted by Gasteiger charge is -2.38. The smallest absolute Gasteiger partial charge is 0.246 e. The molecule has 8 aromatic carbocycles. The van der Waals surface area contributed by atoms with Crippen LogP contribution in [0.15, 0.2) is 229 Å². The zero-order chi connectivity index (χ0) is 43.2. The minimum Gasteiger partial charge on any atom is -0.312 e. The van der Waals surface area contributed by atoms with Crippen LogP contribution in [0.3, 0.4) is 0 Å². The molecule has 3 aliphatic heterocycles. The Morgan fingerprint density at radius 2 is 0.719 bits per heavy atom. The Bertz CT molecular complexity index is 3110. The van der Waals surface area contributed by atoms with Crippen LogP contribution in [-0.2, 0) is 0 Å². The Morgan fingerprint density at radius 1 is 0.359 bits per heavy atom. The van der Waals surface area contributed by atoms with Crippen molar-refractivity contribution in [1.29, 1.82) is 15.8 Å². The van der Waals surface area contributed by atoms with Gasteiger partial charge in [0.2, 0.25) is 13.4 Å². The van der Waals surface area contributed by atoms with Crippen LogP contribution in [0.25, 0.3) is 0 Å². The first kappa shape index (κ1) is 38.6. The summed E-state index contributed by atoms with van der Waals surface area (Å²) in [5, 5.41) is 34.7. The summed E-state index contributed by atoms with van der Waals surface area (Å²) < 4.78 is 0. The fraction of sp³-hybridized carbons (Fsp3) is 0. The van der Waals surface area contributed by atoms with Gasteiger partial charge < -0.3 is 9.80 Å². The van der Waals surface area contributed by atoms with Gasteiger partial charge in [0.25, 0.3) is 0 Å². The third-order valence-electron chi connectivity index (χ3n) is 12.9. The maximum absolute atomic E-state index is 11.0. The van der Waals surface area contributed by atoms with Crippen LogP contribution >= 0.6 is 6.89 Å². The maximum atomic E-state index is 11.0. The van der Waals surface area contributed by atoms with E-state index < -0.39 is 6.89 Å². The van der Waals surface area contributed by atoms with Gasteiger partial charge in [-0.05, 0) is 93.1 Å². The van der Waals surface area contributed by atoms with Gasteiger partial charge in [-0.2, -0.15) is 15.8 Å². The Labute approximate surface area is 374 Å². The number of nitrogens with zero attached hydrogens (tertiary/aromatic N) is 5. The topological polar surface area (TPSA) is 77.8 Å². The van der Waals surface area contributed by atoms with Crippen molar-refractivity contribution in [2.45, 2.75) is 0 Å². The highest BCUT2D eigenvalue weighted by molar-refractivity contribution is 7.93. The van der Waals surface area contributed by atoms with E-state index in [9.17, 15) is 15.8 Å². The predicted molar refractivity (Wildman–Crippen MR) is 269 cm³/mol. The van der Waals surface area contributed by atoms with Crippen LogP contribution in [0.1, 0.15) is 0 Å². The van der Waals surface area contributed by atoms with E-state index in [4.69, 9.17) is 0 Å². The van der Waals surface area contributed by atoms with E-state index in [2.05, 4.69) is 234 Å². The van der Waals surface area contributed by atoms with Gasteiger partial charge in [-0.15, -0.1) is 0 Å². The summed E-state index contributed by atoms with van der Waals surface area (Å²) in [6.45, 7) is -2.92. The largest absolute Gasteiger partial charge is 0.312 e. The molecular weight excluding hydrogens is 795 g/mol. The molecule has 3 heterocycles. The van der Waals surface area contributed by atoms with Crippen LogP contribution in [0.5, 0.6) is 0 Å². The number of nitriles is 3. The summed E-state index contributed by atoms with van der Waals surface area (Å²) in [6.07, 6.45) is 3.36. The molecular formula is C56H36B2N5P. The van der Waals surface area contributed by atoms with Crippen molar-refractivity contribution in [2.24, 2.45) is 0 Å². The Kier molecular flexibility index (Phi) is 9.60. The van der Waals surface area contributed by atoms with Crippen LogP contribution in [0.2, 0.25) is 0 Å². The lowest BCUT2D eigenvalue weighted by molar-refractivity contribution is 1.29. The van der Waals surface area contributed by atoms with Crippen molar-refractivity contribution >= 4 is 103 Å². The van der Waals surface area contributed by atoms with Crippen LogP contribution in [0.4, 0.5) is 34.1 Å². The second-order valence-corrected chi connectivity index (χ2v) is 19.5.